The lowest BCUT2D eigenvalue weighted by Crippen LogP contribution is -2.05. The number of pyridine rings is 1. The number of nitrogen functional groups attached to an aromatic ring is 1. The van der Waals surface area contributed by atoms with Crippen molar-refractivity contribution in [3.63, 3.8) is 0 Å². The molecule has 2 aromatic heterocycles. The van der Waals surface area contributed by atoms with Crippen molar-refractivity contribution in [2.45, 2.75) is 16.2 Å². The van der Waals surface area contributed by atoms with E-state index in [2.05, 4.69) is 15.0 Å². The molecule has 2 aromatic rings. The molecule has 0 spiro atoms. The SMILES string of the molecule is Nc1ncnc(Sc2ccc(C(F)(F)F)cn2)c1Cl. The first kappa shape index (κ1) is 13.9. The third-order valence-corrected chi connectivity index (χ3v) is 3.49. The van der Waals surface area contributed by atoms with Crippen LogP contribution in [0.1, 0.15) is 5.56 Å². The van der Waals surface area contributed by atoms with Crippen LogP contribution in [0, 0.1) is 0 Å². The summed E-state index contributed by atoms with van der Waals surface area (Å²) in [6.07, 6.45) is -2.44. The van der Waals surface area contributed by atoms with Gasteiger partial charge in [0.1, 0.15) is 27.2 Å². The van der Waals surface area contributed by atoms with E-state index in [4.69, 9.17) is 17.3 Å². The van der Waals surface area contributed by atoms with Crippen LogP contribution in [-0.2, 0) is 6.18 Å². The lowest BCUT2D eigenvalue weighted by Gasteiger charge is -2.07. The van der Waals surface area contributed by atoms with Gasteiger partial charge in [-0.2, -0.15) is 13.2 Å². The fourth-order valence-electron chi connectivity index (χ4n) is 1.14. The minimum absolute atomic E-state index is 0.103. The number of rotatable bonds is 2. The molecule has 0 radical (unpaired) electrons. The minimum Gasteiger partial charge on any atom is -0.382 e. The fourth-order valence-corrected chi connectivity index (χ4v) is 2.09. The molecule has 9 heteroatoms. The lowest BCUT2D eigenvalue weighted by atomic mass is 10.3. The molecule has 0 aliphatic carbocycles. The highest BCUT2D eigenvalue weighted by atomic mass is 35.5. The Hall–Kier alpha value is -1.54. The number of alkyl halides is 3. The first-order chi connectivity index (χ1) is 8.88. The van der Waals surface area contributed by atoms with Crippen LogP contribution < -0.4 is 5.73 Å². The minimum atomic E-state index is -4.41. The second-order valence-electron chi connectivity index (χ2n) is 3.36. The van der Waals surface area contributed by atoms with Crippen LogP contribution in [0.3, 0.4) is 0 Å². The van der Waals surface area contributed by atoms with Gasteiger partial charge < -0.3 is 5.73 Å². The zero-order chi connectivity index (χ0) is 14.0. The molecule has 0 fully saturated rings. The Morgan fingerprint density at radius 1 is 1.16 bits per heavy atom. The predicted molar refractivity (Wildman–Crippen MR) is 64.8 cm³/mol. The van der Waals surface area contributed by atoms with Crippen LogP contribution in [0.4, 0.5) is 19.0 Å². The summed E-state index contributed by atoms with van der Waals surface area (Å²) in [6, 6.07) is 2.18. The van der Waals surface area contributed by atoms with Gasteiger partial charge in [0, 0.05) is 6.20 Å². The highest BCUT2D eigenvalue weighted by Gasteiger charge is 2.30. The van der Waals surface area contributed by atoms with Gasteiger partial charge in [0.2, 0.25) is 0 Å². The molecule has 0 amide bonds. The highest BCUT2D eigenvalue weighted by molar-refractivity contribution is 7.99. The van der Waals surface area contributed by atoms with Crippen LogP contribution in [0.15, 0.2) is 34.7 Å². The van der Waals surface area contributed by atoms with Gasteiger partial charge in [-0.25, -0.2) is 15.0 Å². The maximum atomic E-state index is 12.4. The summed E-state index contributed by atoms with van der Waals surface area (Å²) in [4.78, 5) is 11.3. The maximum absolute atomic E-state index is 12.4. The molecule has 100 valence electrons. The Bertz CT molecular complexity index is 588. The molecule has 0 atom stereocenters. The molecule has 0 aliphatic heterocycles. The quantitative estimate of drug-likeness (QED) is 0.863. The number of anilines is 1. The van der Waals surface area contributed by atoms with E-state index in [9.17, 15) is 13.2 Å². The van der Waals surface area contributed by atoms with Gasteiger partial charge >= 0.3 is 6.18 Å². The normalized spacial score (nSPS) is 11.6. The van der Waals surface area contributed by atoms with Gasteiger partial charge in [-0.05, 0) is 23.9 Å². The summed E-state index contributed by atoms with van der Waals surface area (Å²) in [5, 5.41) is 0.809. The molecule has 2 heterocycles. The van der Waals surface area contributed by atoms with Crippen molar-refractivity contribution in [1.29, 1.82) is 0 Å². The lowest BCUT2D eigenvalue weighted by molar-refractivity contribution is -0.137. The average molecular weight is 307 g/mol. The predicted octanol–water partition coefficient (Wildman–Crippen LogP) is 3.28. The number of hydrogen-bond acceptors (Lipinski definition) is 5. The summed E-state index contributed by atoms with van der Waals surface area (Å²) in [6.45, 7) is 0. The molecular formula is C10H6ClF3N4S. The molecular weight excluding hydrogens is 301 g/mol. The molecule has 0 unspecified atom stereocenters. The van der Waals surface area contributed by atoms with Crippen molar-refractivity contribution in [1.82, 2.24) is 15.0 Å². The molecule has 0 bridgehead atoms. The van der Waals surface area contributed by atoms with Gasteiger partial charge in [0.15, 0.2) is 0 Å². The fraction of sp³-hybridized carbons (Fsp3) is 0.100. The van der Waals surface area contributed by atoms with Gasteiger partial charge in [-0.15, -0.1) is 0 Å². The van der Waals surface area contributed by atoms with E-state index in [1.807, 2.05) is 0 Å². The van der Waals surface area contributed by atoms with Crippen molar-refractivity contribution >= 4 is 29.2 Å². The van der Waals surface area contributed by atoms with Gasteiger partial charge in [-0.1, -0.05) is 11.6 Å². The zero-order valence-corrected chi connectivity index (χ0v) is 10.7. The van der Waals surface area contributed by atoms with Crippen LogP contribution in [0.5, 0.6) is 0 Å². The smallest absolute Gasteiger partial charge is 0.382 e. The average Bonchev–Trinajstić information content (AvgIpc) is 2.35. The van der Waals surface area contributed by atoms with E-state index in [1.54, 1.807) is 0 Å². The summed E-state index contributed by atoms with van der Waals surface area (Å²) in [5.74, 6) is 0.103. The Balaban J connectivity index is 2.23. The first-order valence-electron chi connectivity index (χ1n) is 4.85. The standard InChI is InChI=1S/C10H6ClF3N4S/c11-7-8(15)17-4-18-9(7)19-6-2-1-5(3-16-6)10(12,13)14/h1-4H,(H2,15,17,18). The summed E-state index contributed by atoms with van der Waals surface area (Å²) < 4.78 is 37.1. The largest absolute Gasteiger partial charge is 0.417 e. The molecule has 0 saturated heterocycles. The number of hydrogen-bond donors (Lipinski definition) is 1. The van der Waals surface area contributed by atoms with E-state index in [0.717, 1.165) is 24.0 Å². The third kappa shape index (κ3) is 3.27. The molecule has 2 N–H and O–H groups in total. The van der Waals surface area contributed by atoms with E-state index in [-0.39, 0.29) is 10.8 Å². The molecule has 19 heavy (non-hydrogen) atoms. The third-order valence-electron chi connectivity index (χ3n) is 2.05. The topological polar surface area (TPSA) is 64.7 Å². The van der Waals surface area contributed by atoms with Gasteiger partial charge in [-0.3, -0.25) is 0 Å². The van der Waals surface area contributed by atoms with Crippen molar-refractivity contribution in [3.8, 4) is 0 Å². The number of nitrogens with two attached hydrogens (primary N) is 1. The number of halogens is 4. The molecule has 2 rings (SSSR count). The van der Waals surface area contributed by atoms with Crippen molar-refractivity contribution < 1.29 is 13.2 Å². The van der Waals surface area contributed by atoms with E-state index < -0.39 is 11.7 Å². The second kappa shape index (κ2) is 5.22. The zero-order valence-electron chi connectivity index (χ0n) is 9.15. The Morgan fingerprint density at radius 2 is 1.89 bits per heavy atom. The Labute approximate surface area is 115 Å². The van der Waals surface area contributed by atoms with Crippen LogP contribution in [0.2, 0.25) is 5.02 Å². The van der Waals surface area contributed by atoms with E-state index in [0.29, 0.717) is 10.1 Å². The van der Waals surface area contributed by atoms with Gasteiger partial charge in [0.05, 0.1) is 5.56 Å². The molecule has 0 saturated carbocycles. The summed E-state index contributed by atoms with van der Waals surface area (Å²) in [7, 11) is 0. The Kier molecular flexibility index (Phi) is 3.81. The first-order valence-corrected chi connectivity index (χ1v) is 6.04. The van der Waals surface area contributed by atoms with Crippen LogP contribution in [-0.4, -0.2) is 15.0 Å². The van der Waals surface area contributed by atoms with Crippen molar-refractivity contribution in [3.05, 3.63) is 35.2 Å². The summed E-state index contributed by atoms with van der Waals surface area (Å²) in [5.41, 5.74) is 4.68. The monoisotopic (exact) mass is 306 g/mol. The maximum Gasteiger partial charge on any atom is 0.417 e. The van der Waals surface area contributed by atoms with E-state index in [1.165, 1.54) is 12.4 Å². The molecule has 4 nitrogen and oxygen atoms in total. The second-order valence-corrected chi connectivity index (χ2v) is 4.75. The van der Waals surface area contributed by atoms with Gasteiger partial charge in [0.25, 0.3) is 0 Å². The van der Waals surface area contributed by atoms with Crippen molar-refractivity contribution in [2.24, 2.45) is 0 Å². The number of nitrogens with zero attached hydrogens (tertiary/aromatic N) is 3. The van der Waals surface area contributed by atoms with Crippen molar-refractivity contribution in [2.75, 3.05) is 5.73 Å². The van der Waals surface area contributed by atoms with E-state index >= 15 is 0 Å². The highest BCUT2D eigenvalue weighted by Crippen LogP contribution is 2.34. The molecule has 0 aromatic carbocycles. The van der Waals surface area contributed by atoms with Crippen LogP contribution >= 0.6 is 23.4 Å². The Morgan fingerprint density at radius 3 is 2.47 bits per heavy atom. The molecule has 0 aliphatic rings. The number of aromatic nitrogens is 3. The van der Waals surface area contributed by atoms with Crippen LogP contribution in [0.25, 0.3) is 0 Å². The summed E-state index contributed by atoms with van der Waals surface area (Å²) >= 11 is 6.87.